The first kappa shape index (κ1) is 15.8. The molecule has 118 valence electrons. The molecule has 0 radical (unpaired) electrons. The molecule has 2 rings (SSSR count). The molecule has 7 nitrogen and oxygen atoms in total. The third-order valence-corrected chi connectivity index (χ3v) is 2.88. The quantitative estimate of drug-likeness (QED) is 0.689. The highest BCUT2D eigenvalue weighted by Gasteiger charge is 2.06. The fourth-order valence-electron chi connectivity index (χ4n) is 1.70. The van der Waals surface area contributed by atoms with Crippen LogP contribution in [0.5, 0.6) is 11.5 Å². The van der Waals surface area contributed by atoms with Crippen molar-refractivity contribution < 1.29 is 14.3 Å². The van der Waals surface area contributed by atoms with Gasteiger partial charge in [-0.15, -0.1) is 0 Å². The van der Waals surface area contributed by atoms with Gasteiger partial charge in [0.15, 0.2) is 0 Å². The highest BCUT2D eigenvalue weighted by atomic mass is 16.5. The molecular formula is C15H20N4O3. The Morgan fingerprint density at radius 2 is 1.86 bits per heavy atom. The Kier molecular flexibility index (Phi) is 6.22. The van der Waals surface area contributed by atoms with Gasteiger partial charge in [-0.2, -0.15) is 5.10 Å². The van der Waals surface area contributed by atoms with Crippen molar-refractivity contribution in [3.63, 3.8) is 0 Å². The van der Waals surface area contributed by atoms with Gasteiger partial charge in [-0.25, -0.2) is 4.98 Å². The van der Waals surface area contributed by atoms with Crippen LogP contribution >= 0.6 is 0 Å². The molecule has 0 saturated heterocycles. The van der Waals surface area contributed by atoms with E-state index in [0.717, 1.165) is 30.9 Å². The number of nitrogens with zero attached hydrogens (tertiary/aromatic N) is 2. The molecule has 0 saturated carbocycles. The van der Waals surface area contributed by atoms with Crippen LogP contribution < -0.4 is 14.8 Å². The second-order valence-corrected chi connectivity index (χ2v) is 4.61. The van der Waals surface area contributed by atoms with E-state index in [9.17, 15) is 4.79 Å². The number of rotatable bonds is 9. The van der Waals surface area contributed by atoms with E-state index in [2.05, 4.69) is 27.4 Å². The summed E-state index contributed by atoms with van der Waals surface area (Å²) in [4.78, 5) is 15.3. The van der Waals surface area contributed by atoms with E-state index in [0.29, 0.717) is 13.2 Å². The summed E-state index contributed by atoms with van der Waals surface area (Å²) in [5.41, 5.74) is 0. The lowest BCUT2D eigenvalue weighted by molar-refractivity contribution is 0.0937. The molecule has 2 N–H and O–H groups in total. The van der Waals surface area contributed by atoms with Gasteiger partial charge in [0.25, 0.3) is 5.91 Å². The number of hydrogen-bond donors (Lipinski definition) is 2. The summed E-state index contributed by atoms with van der Waals surface area (Å²) >= 11 is 0. The van der Waals surface area contributed by atoms with Gasteiger partial charge < -0.3 is 14.8 Å². The zero-order chi connectivity index (χ0) is 15.6. The molecule has 7 heteroatoms. The van der Waals surface area contributed by atoms with Crippen LogP contribution in [0.1, 0.15) is 30.4 Å². The summed E-state index contributed by atoms with van der Waals surface area (Å²) in [7, 11) is 0. The first-order valence-electron chi connectivity index (χ1n) is 7.29. The predicted octanol–water partition coefficient (Wildman–Crippen LogP) is 1.79. The molecule has 1 aromatic carbocycles. The molecule has 0 atom stereocenters. The Morgan fingerprint density at radius 1 is 1.18 bits per heavy atom. The van der Waals surface area contributed by atoms with Crippen molar-refractivity contribution in [3.8, 4) is 11.5 Å². The maximum atomic E-state index is 11.6. The standard InChI is InChI=1S/C15H20N4O3/c1-2-3-9-21-12-4-6-13(7-5-12)22-10-8-16-15(20)14-17-11-18-19-14/h4-7,11H,2-3,8-10H2,1H3,(H,16,20)(H,17,18,19). The number of aromatic nitrogens is 3. The Morgan fingerprint density at radius 3 is 2.45 bits per heavy atom. The van der Waals surface area contributed by atoms with Gasteiger partial charge in [-0.05, 0) is 30.7 Å². The molecule has 0 aliphatic carbocycles. The largest absolute Gasteiger partial charge is 0.494 e. The van der Waals surface area contributed by atoms with E-state index in [1.54, 1.807) is 0 Å². The minimum absolute atomic E-state index is 0.189. The monoisotopic (exact) mass is 304 g/mol. The van der Waals surface area contributed by atoms with Crippen LogP contribution in [0.3, 0.4) is 0 Å². The van der Waals surface area contributed by atoms with Crippen LogP contribution in [-0.2, 0) is 0 Å². The highest BCUT2D eigenvalue weighted by Crippen LogP contribution is 2.17. The Labute approximate surface area is 129 Å². The van der Waals surface area contributed by atoms with Crippen molar-refractivity contribution in [3.05, 3.63) is 36.4 Å². The number of unbranched alkanes of at least 4 members (excludes halogenated alkanes) is 1. The van der Waals surface area contributed by atoms with Gasteiger partial charge >= 0.3 is 0 Å². The summed E-state index contributed by atoms with van der Waals surface area (Å²) in [5.74, 6) is 1.45. The molecule has 0 spiro atoms. The minimum Gasteiger partial charge on any atom is -0.494 e. The molecule has 0 aliphatic heterocycles. The van der Waals surface area contributed by atoms with Crippen LogP contribution in [-0.4, -0.2) is 40.8 Å². The average Bonchev–Trinajstić information content (AvgIpc) is 3.07. The van der Waals surface area contributed by atoms with Crippen LogP contribution in [0, 0.1) is 0 Å². The number of hydrogen-bond acceptors (Lipinski definition) is 5. The Bertz CT molecular complexity index is 555. The lowest BCUT2D eigenvalue weighted by Crippen LogP contribution is -2.28. The summed E-state index contributed by atoms with van der Waals surface area (Å²) in [6.45, 7) is 3.61. The third kappa shape index (κ3) is 5.08. The smallest absolute Gasteiger partial charge is 0.288 e. The molecule has 0 bridgehead atoms. The number of ether oxygens (including phenoxy) is 2. The van der Waals surface area contributed by atoms with E-state index >= 15 is 0 Å². The second kappa shape index (κ2) is 8.66. The number of nitrogens with one attached hydrogen (secondary N) is 2. The first-order chi connectivity index (χ1) is 10.8. The first-order valence-corrected chi connectivity index (χ1v) is 7.29. The summed E-state index contributed by atoms with van der Waals surface area (Å²) in [5, 5.41) is 8.79. The SMILES string of the molecule is CCCCOc1ccc(OCCNC(=O)c2ncn[nH]2)cc1. The van der Waals surface area contributed by atoms with Crippen LogP contribution in [0.15, 0.2) is 30.6 Å². The normalized spacial score (nSPS) is 10.2. The Balaban J connectivity index is 1.65. The van der Waals surface area contributed by atoms with Gasteiger partial charge in [0.2, 0.25) is 5.82 Å². The fourth-order valence-corrected chi connectivity index (χ4v) is 1.70. The number of aromatic amines is 1. The molecule has 1 heterocycles. The number of H-pyrrole nitrogens is 1. The van der Waals surface area contributed by atoms with Gasteiger partial charge in [0.1, 0.15) is 24.4 Å². The van der Waals surface area contributed by atoms with E-state index in [1.807, 2.05) is 24.3 Å². The lowest BCUT2D eigenvalue weighted by Gasteiger charge is -2.08. The maximum Gasteiger partial charge on any atom is 0.288 e. The third-order valence-electron chi connectivity index (χ3n) is 2.88. The summed E-state index contributed by atoms with van der Waals surface area (Å²) in [6, 6.07) is 7.44. The van der Waals surface area contributed by atoms with Crippen molar-refractivity contribution in [1.82, 2.24) is 20.5 Å². The van der Waals surface area contributed by atoms with Crippen LogP contribution in [0.4, 0.5) is 0 Å². The molecule has 0 aliphatic rings. The second-order valence-electron chi connectivity index (χ2n) is 4.61. The average molecular weight is 304 g/mol. The zero-order valence-electron chi connectivity index (χ0n) is 12.5. The molecule has 0 fully saturated rings. The van der Waals surface area contributed by atoms with Gasteiger partial charge in [-0.3, -0.25) is 9.89 Å². The zero-order valence-corrected chi connectivity index (χ0v) is 12.5. The van der Waals surface area contributed by atoms with Crippen molar-refractivity contribution in [1.29, 1.82) is 0 Å². The highest BCUT2D eigenvalue weighted by molar-refractivity contribution is 5.90. The Hall–Kier alpha value is -2.57. The molecular weight excluding hydrogens is 284 g/mol. The molecule has 1 aromatic heterocycles. The fraction of sp³-hybridized carbons (Fsp3) is 0.400. The van der Waals surface area contributed by atoms with Gasteiger partial charge in [0.05, 0.1) is 13.2 Å². The summed E-state index contributed by atoms with van der Waals surface area (Å²) < 4.78 is 11.1. The lowest BCUT2D eigenvalue weighted by atomic mass is 10.3. The van der Waals surface area contributed by atoms with Crippen molar-refractivity contribution >= 4 is 5.91 Å². The van der Waals surface area contributed by atoms with E-state index < -0.39 is 0 Å². The minimum atomic E-state index is -0.305. The van der Waals surface area contributed by atoms with Crippen molar-refractivity contribution in [2.45, 2.75) is 19.8 Å². The number of carbonyl (C=O) groups excluding carboxylic acids is 1. The molecule has 1 amide bonds. The summed E-state index contributed by atoms with van der Waals surface area (Å²) in [6.07, 6.45) is 3.44. The van der Waals surface area contributed by atoms with Crippen molar-refractivity contribution in [2.75, 3.05) is 19.8 Å². The number of amides is 1. The molecule has 2 aromatic rings. The van der Waals surface area contributed by atoms with Crippen molar-refractivity contribution in [2.24, 2.45) is 0 Å². The topological polar surface area (TPSA) is 89.1 Å². The molecule has 0 unspecified atom stereocenters. The van der Waals surface area contributed by atoms with Gasteiger partial charge in [-0.1, -0.05) is 13.3 Å². The van der Waals surface area contributed by atoms with E-state index in [4.69, 9.17) is 9.47 Å². The maximum absolute atomic E-state index is 11.6. The number of carbonyl (C=O) groups is 1. The number of benzene rings is 1. The van der Waals surface area contributed by atoms with E-state index in [-0.39, 0.29) is 11.7 Å². The van der Waals surface area contributed by atoms with Crippen LogP contribution in [0.2, 0.25) is 0 Å². The predicted molar refractivity (Wildman–Crippen MR) is 81.1 cm³/mol. The van der Waals surface area contributed by atoms with Gasteiger partial charge in [0, 0.05) is 0 Å². The van der Waals surface area contributed by atoms with Crippen LogP contribution in [0.25, 0.3) is 0 Å². The molecule has 22 heavy (non-hydrogen) atoms. The van der Waals surface area contributed by atoms with E-state index in [1.165, 1.54) is 6.33 Å².